The number of halogens is 2. The Hall–Kier alpha value is -4.22. The lowest BCUT2D eigenvalue weighted by molar-refractivity contribution is -0.143. The number of rotatable bonds is 6. The van der Waals surface area contributed by atoms with Crippen LogP contribution in [0.15, 0.2) is 36.4 Å². The number of nitriles is 1. The van der Waals surface area contributed by atoms with E-state index < -0.39 is 18.0 Å². The molecule has 3 aliphatic heterocycles. The number of likely N-dealkylation sites (tertiary alicyclic amines) is 2. The molecule has 1 aliphatic carbocycles. The van der Waals surface area contributed by atoms with Gasteiger partial charge in [0.1, 0.15) is 28.0 Å². The number of benzene rings is 2. The third kappa shape index (κ3) is 5.70. The van der Waals surface area contributed by atoms with Crippen LogP contribution in [0.2, 0.25) is 0 Å². The minimum atomic E-state index is -0.802. The number of hydrogen-bond donors (Lipinski definition) is 2. The molecule has 5 heterocycles. The minimum Gasteiger partial charge on any atom is -0.389 e. The predicted molar refractivity (Wildman–Crippen MR) is 183 cm³/mol. The van der Waals surface area contributed by atoms with E-state index in [1.165, 1.54) is 23.5 Å². The third-order valence-corrected chi connectivity index (χ3v) is 11.9. The van der Waals surface area contributed by atoms with Gasteiger partial charge in [-0.15, -0.1) is 0 Å². The molecule has 0 bridgehead atoms. The standard InChI is InChI=1S/C36H37F2N7O3S/c1-42(35-41-31(29(16-39)49-35)21-2-4-22(37)5-3-21)34-25-6-7-28(47)33(25)40-32-26(34)14-23(15-27(32)38)44-13-10-36(20-44)8-11-43(12-9-36)19-30(48)45-17-24(46)18-45/h2-5,14-15,24,28,46-47H,6-13,17-20H2,1H3. The lowest BCUT2D eigenvalue weighted by atomic mass is 9.78. The van der Waals surface area contributed by atoms with Crippen molar-refractivity contribution in [2.75, 3.05) is 62.7 Å². The lowest BCUT2D eigenvalue weighted by Gasteiger charge is -2.41. The number of carbonyl (C=O) groups excluding carboxylic acids is 1. The largest absolute Gasteiger partial charge is 0.389 e. The van der Waals surface area contributed by atoms with Gasteiger partial charge in [0.05, 0.1) is 30.1 Å². The second-order valence-electron chi connectivity index (χ2n) is 14.0. The Balaban J connectivity index is 1.09. The molecule has 1 atom stereocenters. The SMILES string of the molecule is CN(c1nc(-c2ccc(F)cc2)c(C#N)s1)c1c2c(nc3c(F)cc(N4CCC5(CCN(CC(=O)N6CC(O)C6)CC5)C4)cc13)C(O)CC2. The molecule has 2 aromatic carbocycles. The van der Waals surface area contributed by atoms with E-state index in [1.807, 2.05) is 18.0 Å². The molecule has 0 radical (unpaired) electrons. The van der Waals surface area contributed by atoms with Crippen LogP contribution in [-0.4, -0.2) is 94.9 Å². The van der Waals surface area contributed by atoms with Crippen LogP contribution in [0, 0.1) is 28.4 Å². The first kappa shape index (κ1) is 32.0. The van der Waals surface area contributed by atoms with Crippen molar-refractivity contribution in [1.29, 1.82) is 5.26 Å². The van der Waals surface area contributed by atoms with Gasteiger partial charge in [-0.25, -0.2) is 18.7 Å². The molecular weight excluding hydrogens is 649 g/mol. The van der Waals surface area contributed by atoms with Crippen LogP contribution in [0.4, 0.5) is 25.3 Å². The molecule has 10 nitrogen and oxygen atoms in total. The fraction of sp³-hybridized carbons (Fsp3) is 0.444. The number of aromatic nitrogens is 2. The van der Waals surface area contributed by atoms with Gasteiger partial charge in [0, 0.05) is 55.4 Å². The minimum absolute atomic E-state index is 0.0719. The summed E-state index contributed by atoms with van der Waals surface area (Å²) >= 11 is 1.21. The normalized spacial score (nSPS) is 20.5. The maximum absolute atomic E-state index is 16.1. The molecule has 49 heavy (non-hydrogen) atoms. The summed E-state index contributed by atoms with van der Waals surface area (Å²) in [6.45, 7) is 4.46. The van der Waals surface area contributed by atoms with Crippen LogP contribution < -0.4 is 9.80 Å². The topological polar surface area (TPSA) is 120 Å². The molecule has 2 aromatic heterocycles. The molecule has 8 rings (SSSR count). The zero-order chi connectivity index (χ0) is 34.0. The summed E-state index contributed by atoms with van der Waals surface area (Å²) in [5.74, 6) is -0.767. The van der Waals surface area contributed by atoms with Gasteiger partial charge in [0.25, 0.3) is 0 Å². The number of amides is 1. The van der Waals surface area contributed by atoms with Crippen molar-refractivity contribution in [2.24, 2.45) is 5.41 Å². The van der Waals surface area contributed by atoms with Crippen LogP contribution in [0.3, 0.4) is 0 Å². The average molecular weight is 686 g/mol. The maximum atomic E-state index is 16.1. The smallest absolute Gasteiger partial charge is 0.236 e. The second kappa shape index (κ2) is 12.3. The molecule has 0 saturated carbocycles. The van der Waals surface area contributed by atoms with E-state index in [9.17, 15) is 24.7 Å². The summed E-state index contributed by atoms with van der Waals surface area (Å²) in [4.78, 5) is 30.4. The van der Waals surface area contributed by atoms with Gasteiger partial charge in [-0.2, -0.15) is 5.26 Å². The predicted octanol–water partition coefficient (Wildman–Crippen LogP) is 4.75. The molecule has 254 valence electrons. The first-order valence-electron chi connectivity index (χ1n) is 16.8. The van der Waals surface area contributed by atoms with Crippen molar-refractivity contribution in [3.8, 4) is 17.3 Å². The van der Waals surface area contributed by atoms with Crippen LogP contribution >= 0.6 is 11.3 Å². The average Bonchev–Trinajstić information content (AvgIpc) is 3.81. The van der Waals surface area contributed by atoms with Gasteiger partial charge in [0.15, 0.2) is 10.9 Å². The summed E-state index contributed by atoms with van der Waals surface area (Å²) < 4.78 is 29.8. The van der Waals surface area contributed by atoms with Gasteiger partial charge in [0.2, 0.25) is 5.91 Å². The van der Waals surface area contributed by atoms with Crippen molar-refractivity contribution in [3.63, 3.8) is 0 Å². The number of hydrogen-bond acceptors (Lipinski definition) is 10. The maximum Gasteiger partial charge on any atom is 0.236 e. The Kier molecular flexibility index (Phi) is 8.02. The fourth-order valence-corrected chi connectivity index (χ4v) is 8.84. The van der Waals surface area contributed by atoms with Crippen LogP contribution in [-0.2, 0) is 11.2 Å². The Morgan fingerprint density at radius 3 is 2.55 bits per heavy atom. The van der Waals surface area contributed by atoms with Crippen LogP contribution in [0.25, 0.3) is 22.2 Å². The Labute approximate surface area is 286 Å². The summed E-state index contributed by atoms with van der Waals surface area (Å²) in [6, 6.07) is 11.6. The molecule has 3 fully saturated rings. The van der Waals surface area contributed by atoms with E-state index >= 15 is 4.39 Å². The Morgan fingerprint density at radius 2 is 1.84 bits per heavy atom. The third-order valence-electron chi connectivity index (χ3n) is 10.9. The number of anilines is 3. The highest BCUT2D eigenvalue weighted by molar-refractivity contribution is 7.16. The number of aliphatic hydroxyl groups excluding tert-OH is 2. The zero-order valence-electron chi connectivity index (χ0n) is 27.2. The summed E-state index contributed by atoms with van der Waals surface area (Å²) in [6.07, 6.45) is 2.74. The van der Waals surface area contributed by atoms with Crippen molar-refractivity contribution in [1.82, 2.24) is 19.8 Å². The van der Waals surface area contributed by atoms with Gasteiger partial charge >= 0.3 is 0 Å². The number of aliphatic hydroxyl groups is 2. The fourth-order valence-electron chi connectivity index (χ4n) is 7.98. The van der Waals surface area contributed by atoms with Crippen LogP contribution in [0.1, 0.15) is 47.9 Å². The molecule has 3 saturated heterocycles. The molecule has 1 amide bonds. The second-order valence-corrected chi connectivity index (χ2v) is 14.9. The number of pyridine rings is 1. The molecule has 4 aliphatic rings. The van der Waals surface area contributed by atoms with E-state index in [0.717, 1.165) is 56.7 Å². The molecule has 1 unspecified atom stereocenters. The van der Waals surface area contributed by atoms with Gasteiger partial charge in [-0.05, 0) is 87.0 Å². The van der Waals surface area contributed by atoms with Gasteiger partial charge in [-0.3, -0.25) is 9.69 Å². The highest BCUT2D eigenvalue weighted by atomic mass is 32.1. The number of thiazole rings is 1. The number of piperidine rings is 1. The highest BCUT2D eigenvalue weighted by Gasteiger charge is 2.42. The van der Waals surface area contributed by atoms with Crippen molar-refractivity contribution in [2.45, 2.75) is 44.3 Å². The number of carbonyl (C=O) groups is 1. The first-order valence-corrected chi connectivity index (χ1v) is 17.6. The summed E-state index contributed by atoms with van der Waals surface area (Å²) in [7, 11) is 1.84. The molecule has 1 spiro atoms. The van der Waals surface area contributed by atoms with E-state index in [0.29, 0.717) is 70.5 Å². The number of β-amino-alcohol motifs (C(OH)–C–C–N with tert-alkyl or cyclic N) is 1. The summed E-state index contributed by atoms with van der Waals surface area (Å²) in [5.41, 5.74) is 4.13. The lowest BCUT2D eigenvalue weighted by Crippen LogP contribution is -2.56. The zero-order valence-corrected chi connectivity index (χ0v) is 28.0. The molecule has 4 aromatic rings. The van der Waals surface area contributed by atoms with Gasteiger partial charge < -0.3 is 24.9 Å². The van der Waals surface area contributed by atoms with Crippen molar-refractivity contribution in [3.05, 3.63) is 64.2 Å². The monoisotopic (exact) mass is 685 g/mol. The molecule has 2 N–H and O–H groups in total. The van der Waals surface area contributed by atoms with Gasteiger partial charge in [-0.1, -0.05) is 11.3 Å². The summed E-state index contributed by atoms with van der Waals surface area (Å²) in [5, 5.41) is 31.5. The number of nitrogens with zero attached hydrogens (tertiary/aromatic N) is 7. The van der Waals surface area contributed by atoms with E-state index in [4.69, 9.17) is 4.98 Å². The highest BCUT2D eigenvalue weighted by Crippen LogP contribution is 2.47. The van der Waals surface area contributed by atoms with Crippen molar-refractivity contribution < 1.29 is 23.8 Å². The Morgan fingerprint density at radius 1 is 1.10 bits per heavy atom. The van der Waals surface area contributed by atoms with Crippen molar-refractivity contribution >= 4 is 44.7 Å². The van der Waals surface area contributed by atoms with Crippen LogP contribution in [0.5, 0.6) is 0 Å². The Bertz CT molecular complexity index is 1980. The number of fused-ring (bicyclic) bond motifs is 2. The van der Waals surface area contributed by atoms with E-state index in [-0.39, 0.29) is 22.7 Å². The molecule has 13 heteroatoms. The first-order chi connectivity index (χ1) is 23.6. The quantitative estimate of drug-likeness (QED) is 0.296. The molecular formula is C36H37F2N7O3S. The van der Waals surface area contributed by atoms with E-state index in [2.05, 4.69) is 20.9 Å². The van der Waals surface area contributed by atoms with E-state index in [1.54, 1.807) is 23.1 Å².